The van der Waals surface area contributed by atoms with Crippen LogP contribution in [0, 0.1) is 6.92 Å². The van der Waals surface area contributed by atoms with Gasteiger partial charge in [0, 0.05) is 11.5 Å². The first-order valence-corrected chi connectivity index (χ1v) is 9.26. The van der Waals surface area contributed by atoms with E-state index in [2.05, 4.69) is 0 Å². The molecule has 0 spiro atoms. The highest BCUT2D eigenvalue weighted by molar-refractivity contribution is 7.87. The van der Waals surface area contributed by atoms with Gasteiger partial charge in [-0.3, -0.25) is 0 Å². The summed E-state index contributed by atoms with van der Waals surface area (Å²) < 4.78 is 35.8. The Hall–Kier alpha value is -2.60. The van der Waals surface area contributed by atoms with Gasteiger partial charge in [-0.2, -0.15) is 8.42 Å². The lowest BCUT2D eigenvalue weighted by molar-refractivity contribution is 0.481. The van der Waals surface area contributed by atoms with Crippen LogP contribution in [-0.2, 0) is 10.1 Å². The standard InChI is InChI=1S/C19H18O5S/c1-12(2)16-7-4-13(3)10-18(16)24-25(21,22)15-6-8-17-14(11-15)5-9-19(20)23-17/h4-12H,1-3H3. The molecule has 2 aromatic carbocycles. The highest BCUT2D eigenvalue weighted by Crippen LogP contribution is 2.30. The van der Waals surface area contributed by atoms with Crippen LogP contribution in [0.4, 0.5) is 0 Å². The lowest BCUT2D eigenvalue weighted by Crippen LogP contribution is -2.11. The summed E-state index contributed by atoms with van der Waals surface area (Å²) >= 11 is 0. The molecule has 130 valence electrons. The maximum Gasteiger partial charge on any atom is 0.339 e. The molecule has 0 bridgehead atoms. The van der Waals surface area contributed by atoms with E-state index in [9.17, 15) is 13.2 Å². The van der Waals surface area contributed by atoms with E-state index in [-0.39, 0.29) is 10.8 Å². The van der Waals surface area contributed by atoms with Crippen LogP contribution in [0.2, 0.25) is 0 Å². The van der Waals surface area contributed by atoms with Crippen molar-refractivity contribution in [3.8, 4) is 5.75 Å². The van der Waals surface area contributed by atoms with Crippen molar-refractivity contribution < 1.29 is 17.0 Å². The average Bonchev–Trinajstić information content (AvgIpc) is 2.53. The van der Waals surface area contributed by atoms with Crippen molar-refractivity contribution in [1.29, 1.82) is 0 Å². The van der Waals surface area contributed by atoms with Crippen LogP contribution in [-0.4, -0.2) is 8.42 Å². The highest BCUT2D eigenvalue weighted by Gasteiger charge is 2.20. The molecule has 0 aliphatic carbocycles. The summed E-state index contributed by atoms with van der Waals surface area (Å²) in [5, 5.41) is 0.512. The van der Waals surface area contributed by atoms with Gasteiger partial charge < -0.3 is 8.60 Å². The SMILES string of the molecule is Cc1ccc(C(C)C)c(OS(=O)(=O)c2ccc3oc(=O)ccc3c2)c1. The number of benzene rings is 2. The summed E-state index contributed by atoms with van der Waals surface area (Å²) in [6.45, 7) is 5.83. The third-order valence-corrected chi connectivity index (χ3v) is 5.10. The predicted octanol–water partition coefficient (Wildman–Crippen LogP) is 3.99. The number of aryl methyl sites for hydroxylation is 1. The Morgan fingerprint density at radius 2 is 1.76 bits per heavy atom. The van der Waals surface area contributed by atoms with Crippen LogP contribution in [0.25, 0.3) is 11.0 Å². The fourth-order valence-electron chi connectivity index (χ4n) is 2.56. The summed E-state index contributed by atoms with van der Waals surface area (Å²) in [6, 6.07) is 12.5. The third-order valence-electron chi connectivity index (χ3n) is 3.87. The molecule has 0 saturated carbocycles. The van der Waals surface area contributed by atoms with E-state index in [0.717, 1.165) is 11.1 Å². The zero-order valence-corrected chi connectivity index (χ0v) is 15.0. The van der Waals surface area contributed by atoms with Gasteiger partial charge in [-0.05, 0) is 54.3 Å². The minimum Gasteiger partial charge on any atom is -0.423 e. The minimum atomic E-state index is -4.01. The van der Waals surface area contributed by atoms with Gasteiger partial charge in [0.15, 0.2) is 0 Å². The second-order valence-corrected chi connectivity index (χ2v) is 7.73. The Labute approximate surface area is 146 Å². The largest absolute Gasteiger partial charge is 0.423 e. The molecule has 0 unspecified atom stereocenters. The summed E-state index contributed by atoms with van der Waals surface area (Å²) in [5.74, 6) is 0.450. The van der Waals surface area contributed by atoms with Gasteiger partial charge >= 0.3 is 15.7 Å². The van der Waals surface area contributed by atoms with Crippen LogP contribution >= 0.6 is 0 Å². The van der Waals surface area contributed by atoms with Crippen molar-refractivity contribution in [2.45, 2.75) is 31.6 Å². The van der Waals surface area contributed by atoms with Crippen molar-refractivity contribution in [2.75, 3.05) is 0 Å². The number of hydrogen-bond donors (Lipinski definition) is 0. The summed E-state index contributed by atoms with van der Waals surface area (Å²) in [5.41, 5.74) is 1.57. The van der Waals surface area contributed by atoms with E-state index >= 15 is 0 Å². The van der Waals surface area contributed by atoms with Crippen molar-refractivity contribution in [3.05, 3.63) is 70.1 Å². The van der Waals surface area contributed by atoms with Crippen LogP contribution in [0.5, 0.6) is 5.75 Å². The molecule has 5 nitrogen and oxygen atoms in total. The summed E-state index contributed by atoms with van der Waals surface area (Å²) in [4.78, 5) is 11.2. The van der Waals surface area contributed by atoms with Crippen molar-refractivity contribution in [3.63, 3.8) is 0 Å². The van der Waals surface area contributed by atoms with Crippen LogP contribution < -0.4 is 9.81 Å². The van der Waals surface area contributed by atoms with E-state index in [1.165, 1.54) is 30.3 Å². The second kappa shape index (κ2) is 6.37. The van der Waals surface area contributed by atoms with Gasteiger partial charge in [-0.15, -0.1) is 0 Å². The first-order valence-electron chi connectivity index (χ1n) is 7.85. The van der Waals surface area contributed by atoms with Crippen LogP contribution in [0.3, 0.4) is 0 Å². The van der Waals surface area contributed by atoms with Gasteiger partial charge in [-0.1, -0.05) is 26.0 Å². The molecule has 0 fully saturated rings. The number of hydrogen-bond acceptors (Lipinski definition) is 5. The summed E-state index contributed by atoms with van der Waals surface area (Å²) in [6.07, 6.45) is 0. The Bertz CT molecular complexity index is 1090. The van der Waals surface area contributed by atoms with E-state index in [1.807, 2.05) is 32.9 Å². The van der Waals surface area contributed by atoms with Gasteiger partial charge in [0.1, 0.15) is 16.2 Å². The van der Waals surface area contributed by atoms with E-state index < -0.39 is 15.7 Å². The quantitative estimate of drug-likeness (QED) is 0.521. The molecule has 3 rings (SSSR count). The second-order valence-electron chi connectivity index (χ2n) is 6.19. The topological polar surface area (TPSA) is 73.6 Å². The molecule has 0 aliphatic heterocycles. The zero-order chi connectivity index (χ0) is 18.2. The van der Waals surface area contributed by atoms with Crippen LogP contribution in [0.1, 0.15) is 30.9 Å². The fraction of sp³-hybridized carbons (Fsp3) is 0.211. The molecule has 0 atom stereocenters. The molecule has 0 amide bonds. The Balaban J connectivity index is 2.04. The predicted molar refractivity (Wildman–Crippen MR) is 95.6 cm³/mol. The smallest absolute Gasteiger partial charge is 0.339 e. The normalized spacial score (nSPS) is 11.8. The fourth-order valence-corrected chi connectivity index (χ4v) is 3.55. The monoisotopic (exact) mass is 358 g/mol. The van der Waals surface area contributed by atoms with Crippen molar-refractivity contribution >= 4 is 21.1 Å². The molecular weight excluding hydrogens is 340 g/mol. The number of fused-ring (bicyclic) bond motifs is 1. The molecule has 0 N–H and O–H groups in total. The molecule has 25 heavy (non-hydrogen) atoms. The van der Waals surface area contributed by atoms with Crippen molar-refractivity contribution in [1.82, 2.24) is 0 Å². The van der Waals surface area contributed by atoms with Gasteiger partial charge in [-0.25, -0.2) is 4.79 Å². The first-order chi connectivity index (χ1) is 11.8. The van der Waals surface area contributed by atoms with Gasteiger partial charge in [0.25, 0.3) is 0 Å². The molecule has 6 heteroatoms. The van der Waals surface area contributed by atoms with Crippen LogP contribution in [0.15, 0.2) is 62.6 Å². The molecule has 0 aliphatic rings. The highest BCUT2D eigenvalue weighted by atomic mass is 32.2. The molecule has 1 aromatic heterocycles. The Morgan fingerprint density at radius 1 is 1.00 bits per heavy atom. The zero-order valence-electron chi connectivity index (χ0n) is 14.1. The first kappa shape index (κ1) is 17.2. The van der Waals surface area contributed by atoms with E-state index in [0.29, 0.717) is 16.7 Å². The molecule has 0 saturated heterocycles. The van der Waals surface area contributed by atoms with E-state index in [4.69, 9.17) is 8.60 Å². The maximum atomic E-state index is 12.7. The lowest BCUT2D eigenvalue weighted by Gasteiger charge is -2.14. The molecule has 3 aromatic rings. The Morgan fingerprint density at radius 3 is 2.48 bits per heavy atom. The van der Waals surface area contributed by atoms with Gasteiger partial charge in [0.05, 0.1) is 0 Å². The average molecular weight is 358 g/mol. The minimum absolute atomic E-state index is 0.00469. The van der Waals surface area contributed by atoms with Gasteiger partial charge in [0.2, 0.25) is 0 Å². The third kappa shape index (κ3) is 3.58. The molecule has 1 heterocycles. The van der Waals surface area contributed by atoms with E-state index in [1.54, 1.807) is 6.07 Å². The summed E-state index contributed by atoms with van der Waals surface area (Å²) in [7, 11) is -4.01. The molecular formula is C19H18O5S. The Kier molecular flexibility index (Phi) is 4.39. The number of rotatable bonds is 4. The molecule has 0 radical (unpaired) electrons. The lowest BCUT2D eigenvalue weighted by atomic mass is 10.0. The van der Waals surface area contributed by atoms with Crippen molar-refractivity contribution in [2.24, 2.45) is 0 Å². The maximum absolute atomic E-state index is 12.7.